The van der Waals surface area contributed by atoms with Gasteiger partial charge in [-0.1, -0.05) is 12.1 Å². The third kappa shape index (κ3) is 4.34. The number of anilines is 1. The first-order valence-corrected chi connectivity index (χ1v) is 6.01. The number of halogens is 1. The van der Waals surface area contributed by atoms with Crippen LogP contribution in [0.4, 0.5) is 5.69 Å². The van der Waals surface area contributed by atoms with Gasteiger partial charge in [0.25, 0.3) is 0 Å². The summed E-state index contributed by atoms with van der Waals surface area (Å²) in [5.41, 5.74) is 17.4. The Hall–Kier alpha value is -1.60. The van der Waals surface area contributed by atoms with Crippen molar-refractivity contribution in [3.05, 3.63) is 28.2 Å². The molecule has 0 aliphatic carbocycles. The number of carbonyl (C=O) groups excluding carboxylic acids is 2. The molecule has 0 aliphatic heterocycles. The molecule has 6 N–H and O–H groups in total. The van der Waals surface area contributed by atoms with Crippen LogP contribution in [0.2, 0.25) is 0 Å². The first-order chi connectivity index (χ1) is 8.40. The van der Waals surface area contributed by atoms with E-state index in [1.165, 1.54) is 0 Å². The Morgan fingerprint density at radius 3 is 2.22 bits per heavy atom. The molecule has 0 saturated carbocycles. The summed E-state index contributed by atoms with van der Waals surface area (Å²) in [4.78, 5) is 23.4. The van der Waals surface area contributed by atoms with E-state index < -0.39 is 11.8 Å². The monoisotopic (exact) mass is 314 g/mol. The summed E-state index contributed by atoms with van der Waals surface area (Å²) in [6.07, 6.45) is 0. The average molecular weight is 315 g/mol. The maximum atomic E-state index is 10.9. The highest BCUT2D eigenvalue weighted by Crippen LogP contribution is 2.24. The summed E-state index contributed by atoms with van der Waals surface area (Å²) < 4.78 is 0.740. The highest BCUT2D eigenvalue weighted by Gasteiger charge is 2.14. The molecule has 18 heavy (non-hydrogen) atoms. The van der Waals surface area contributed by atoms with Crippen molar-refractivity contribution in [2.75, 3.05) is 18.8 Å². The van der Waals surface area contributed by atoms with Gasteiger partial charge < -0.3 is 17.2 Å². The van der Waals surface area contributed by atoms with Gasteiger partial charge in [-0.05, 0) is 27.6 Å². The number of hydrogen-bond acceptors (Lipinski definition) is 4. The van der Waals surface area contributed by atoms with Gasteiger partial charge in [0, 0.05) is 16.7 Å². The predicted molar refractivity (Wildman–Crippen MR) is 72.2 cm³/mol. The third-order valence-corrected chi connectivity index (χ3v) is 3.23. The SMILES string of the molecule is NC(=O)CN(CC(N)=O)Cc1cccc(N)c1Br. The Bertz CT molecular complexity index is 448. The van der Waals surface area contributed by atoms with E-state index >= 15 is 0 Å². The molecule has 2 amide bonds. The van der Waals surface area contributed by atoms with E-state index in [2.05, 4.69) is 15.9 Å². The van der Waals surface area contributed by atoms with E-state index in [9.17, 15) is 9.59 Å². The molecule has 0 saturated heterocycles. The molecule has 0 heterocycles. The number of amides is 2. The molecule has 7 heteroatoms. The Labute approximate surface area is 113 Å². The number of nitrogens with two attached hydrogens (primary N) is 3. The van der Waals surface area contributed by atoms with Crippen molar-refractivity contribution in [1.82, 2.24) is 4.90 Å². The number of carbonyl (C=O) groups is 2. The second kappa shape index (κ2) is 6.36. The zero-order chi connectivity index (χ0) is 13.7. The zero-order valence-electron chi connectivity index (χ0n) is 9.73. The Morgan fingerprint density at radius 2 is 1.72 bits per heavy atom. The van der Waals surface area contributed by atoms with Crippen LogP contribution < -0.4 is 17.2 Å². The second-order valence-corrected chi connectivity index (χ2v) is 4.69. The number of rotatable bonds is 6. The number of benzene rings is 1. The highest BCUT2D eigenvalue weighted by molar-refractivity contribution is 9.10. The lowest BCUT2D eigenvalue weighted by Gasteiger charge is -2.20. The normalized spacial score (nSPS) is 10.6. The zero-order valence-corrected chi connectivity index (χ0v) is 11.3. The number of primary amides is 2. The quantitative estimate of drug-likeness (QED) is 0.631. The molecule has 1 aromatic rings. The summed E-state index contributed by atoms with van der Waals surface area (Å²) in [7, 11) is 0. The first kappa shape index (κ1) is 14.5. The van der Waals surface area contributed by atoms with Gasteiger partial charge in [-0.25, -0.2) is 0 Å². The van der Waals surface area contributed by atoms with Crippen molar-refractivity contribution in [2.24, 2.45) is 11.5 Å². The van der Waals surface area contributed by atoms with Gasteiger partial charge >= 0.3 is 0 Å². The van der Waals surface area contributed by atoms with Crippen LogP contribution in [0.1, 0.15) is 5.56 Å². The number of nitrogen functional groups attached to an aromatic ring is 1. The summed E-state index contributed by atoms with van der Waals surface area (Å²) >= 11 is 3.36. The lowest BCUT2D eigenvalue weighted by Crippen LogP contribution is -2.39. The van der Waals surface area contributed by atoms with Crippen LogP contribution in [0.15, 0.2) is 22.7 Å². The fourth-order valence-corrected chi connectivity index (χ4v) is 1.96. The number of hydrogen-bond donors (Lipinski definition) is 3. The topological polar surface area (TPSA) is 115 Å². The van der Waals surface area contributed by atoms with Crippen LogP contribution >= 0.6 is 15.9 Å². The molecule has 0 bridgehead atoms. The summed E-state index contributed by atoms with van der Waals surface area (Å²) in [5, 5.41) is 0. The van der Waals surface area contributed by atoms with Crippen molar-refractivity contribution in [1.29, 1.82) is 0 Å². The molecule has 0 spiro atoms. The maximum absolute atomic E-state index is 10.9. The molecule has 0 fully saturated rings. The van der Waals surface area contributed by atoms with Gasteiger partial charge in [0.1, 0.15) is 0 Å². The standard InChI is InChI=1S/C11H15BrN4O2/c12-11-7(2-1-3-8(11)13)4-16(5-9(14)17)6-10(15)18/h1-3H,4-6,13H2,(H2,14,17)(H2,15,18). The van der Waals surface area contributed by atoms with Gasteiger partial charge in [-0.2, -0.15) is 0 Å². The summed E-state index contributed by atoms with van der Waals surface area (Å²) in [6.45, 7) is 0.284. The van der Waals surface area contributed by atoms with Gasteiger partial charge in [0.05, 0.1) is 13.1 Å². The minimum Gasteiger partial charge on any atom is -0.398 e. The van der Waals surface area contributed by atoms with Crippen molar-refractivity contribution in [2.45, 2.75) is 6.54 Å². The lowest BCUT2D eigenvalue weighted by molar-refractivity contribution is -0.122. The molecular weight excluding hydrogens is 300 g/mol. The minimum absolute atomic E-state index is 0.0375. The fourth-order valence-electron chi connectivity index (χ4n) is 1.57. The van der Waals surface area contributed by atoms with Crippen LogP contribution in [0.5, 0.6) is 0 Å². The van der Waals surface area contributed by atoms with Gasteiger partial charge in [0.15, 0.2) is 0 Å². The van der Waals surface area contributed by atoms with Crippen LogP contribution in [0, 0.1) is 0 Å². The molecule has 1 aromatic carbocycles. The first-order valence-electron chi connectivity index (χ1n) is 5.22. The largest absolute Gasteiger partial charge is 0.398 e. The number of nitrogens with zero attached hydrogens (tertiary/aromatic N) is 1. The Kier molecular flexibility index (Phi) is 5.11. The molecule has 6 nitrogen and oxygen atoms in total. The van der Waals surface area contributed by atoms with Gasteiger partial charge in [-0.15, -0.1) is 0 Å². The molecule has 0 aliphatic rings. The highest BCUT2D eigenvalue weighted by atomic mass is 79.9. The molecule has 1 rings (SSSR count). The van der Waals surface area contributed by atoms with Gasteiger partial charge in [0.2, 0.25) is 11.8 Å². The van der Waals surface area contributed by atoms with E-state index in [-0.39, 0.29) is 13.1 Å². The van der Waals surface area contributed by atoms with E-state index in [1.807, 2.05) is 6.07 Å². The van der Waals surface area contributed by atoms with Crippen LogP contribution in [0.25, 0.3) is 0 Å². The Balaban J connectivity index is 2.84. The molecule has 0 aromatic heterocycles. The lowest BCUT2D eigenvalue weighted by atomic mass is 10.2. The van der Waals surface area contributed by atoms with E-state index in [0.717, 1.165) is 10.0 Å². The fraction of sp³-hybridized carbons (Fsp3) is 0.273. The average Bonchev–Trinajstić information content (AvgIpc) is 2.23. The second-order valence-electron chi connectivity index (χ2n) is 3.90. The third-order valence-electron chi connectivity index (χ3n) is 2.26. The minimum atomic E-state index is -0.517. The van der Waals surface area contributed by atoms with Crippen LogP contribution in [0.3, 0.4) is 0 Å². The van der Waals surface area contributed by atoms with Crippen LogP contribution in [-0.4, -0.2) is 29.8 Å². The molecule has 0 radical (unpaired) electrons. The van der Waals surface area contributed by atoms with Crippen molar-refractivity contribution < 1.29 is 9.59 Å². The van der Waals surface area contributed by atoms with Crippen molar-refractivity contribution in [3.63, 3.8) is 0 Å². The van der Waals surface area contributed by atoms with E-state index in [4.69, 9.17) is 17.2 Å². The smallest absolute Gasteiger partial charge is 0.231 e. The van der Waals surface area contributed by atoms with Crippen molar-refractivity contribution in [3.8, 4) is 0 Å². The molecular formula is C11H15BrN4O2. The Morgan fingerprint density at radius 1 is 1.17 bits per heavy atom. The van der Waals surface area contributed by atoms with E-state index in [1.54, 1.807) is 17.0 Å². The molecule has 98 valence electrons. The summed E-state index contributed by atoms with van der Waals surface area (Å²) in [6, 6.07) is 5.39. The molecule has 0 atom stereocenters. The predicted octanol–water partition coefficient (Wildman–Crippen LogP) is -0.196. The van der Waals surface area contributed by atoms with E-state index in [0.29, 0.717) is 12.2 Å². The van der Waals surface area contributed by atoms with Crippen LogP contribution in [-0.2, 0) is 16.1 Å². The molecule has 0 unspecified atom stereocenters. The van der Waals surface area contributed by atoms with Crippen molar-refractivity contribution >= 4 is 33.4 Å². The maximum Gasteiger partial charge on any atom is 0.231 e. The van der Waals surface area contributed by atoms with Gasteiger partial charge in [-0.3, -0.25) is 14.5 Å². The summed E-state index contributed by atoms with van der Waals surface area (Å²) in [5.74, 6) is -1.03.